The van der Waals surface area contributed by atoms with Gasteiger partial charge in [-0.1, -0.05) is 73.8 Å². The summed E-state index contributed by atoms with van der Waals surface area (Å²) < 4.78 is 14.1. The SMILES string of the molecule is CC.CC.CC1CN(Cc2ccc(C(N)=O)c(F)c2)CC1c1nc(NC2CCCC2)c(C=N)c(=O)[nH]1.CCC. The van der Waals surface area contributed by atoms with Crippen molar-refractivity contribution in [3.63, 3.8) is 0 Å². The van der Waals surface area contributed by atoms with Gasteiger partial charge in [0.25, 0.3) is 11.5 Å². The predicted molar refractivity (Wildman–Crippen MR) is 159 cm³/mol. The Morgan fingerprint density at radius 3 is 2.36 bits per heavy atom. The van der Waals surface area contributed by atoms with Crippen molar-refractivity contribution in [1.29, 1.82) is 5.41 Å². The molecule has 1 aromatic heterocycles. The topological polar surface area (TPSA) is 128 Å². The average Bonchev–Trinajstić information content (AvgIpc) is 3.56. The van der Waals surface area contributed by atoms with E-state index >= 15 is 0 Å². The van der Waals surface area contributed by atoms with Crippen LogP contribution < -0.4 is 16.6 Å². The fourth-order valence-electron chi connectivity index (χ4n) is 4.85. The molecule has 2 unspecified atom stereocenters. The lowest BCUT2D eigenvalue weighted by Gasteiger charge is -2.19. The van der Waals surface area contributed by atoms with Gasteiger partial charge in [0, 0.05) is 37.8 Å². The van der Waals surface area contributed by atoms with Crippen molar-refractivity contribution in [1.82, 2.24) is 14.9 Å². The van der Waals surface area contributed by atoms with Gasteiger partial charge in [0.2, 0.25) is 0 Å². The number of amides is 1. The zero-order chi connectivity index (χ0) is 29.5. The Hall–Kier alpha value is -3.07. The van der Waals surface area contributed by atoms with Gasteiger partial charge in [-0.25, -0.2) is 9.37 Å². The minimum atomic E-state index is -0.783. The van der Waals surface area contributed by atoms with E-state index in [9.17, 15) is 14.0 Å². The molecular formula is C30H49FN6O2. The van der Waals surface area contributed by atoms with E-state index in [2.05, 4.69) is 36.0 Å². The lowest BCUT2D eigenvalue weighted by molar-refractivity contribution is 0.0996. The lowest BCUT2D eigenvalue weighted by Crippen LogP contribution is -2.26. The second-order valence-corrected chi connectivity index (χ2v) is 9.65. The first kappa shape index (κ1) is 34.0. The zero-order valence-corrected chi connectivity index (χ0v) is 24.9. The molecule has 2 fully saturated rings. The number of aromatic nitrogens is 2. The number of benzene rings is 1. The molecule has 0 bridgehead atoms. The van der Waals surface area contributed by atoms with E-state index in [1.165, 1.54) is 18.6 Å². The van der Waals surface area contributed by atoms with Gasteiger partial charge in [-0.15, -0.1) is 0 Å². The summed E-state index contributed by atoms with van der Waals surface area (Å²) >= 11 is 0. The third kappa shape index (κ3) is 9.56. The van der Waals surface area contributed by atoms with Gasteiger partial charge in [0.1, 0.15) is 17.5 Å². The van der Waals surface area contributed by atoms with Gasteiger partial charge in [-0.2, -0.15) is 0 Å². The van der Waals surface area contributed by atoms with E-state index in [0.29, 0.717) is 24.7 Å². The number of aromatic amines is 1. The van der Waals surface area contributed by atoms with Crippen LogP contribution in [0.2, 0.25) is 0 Å². The van der Waals surface area contributed by atoms with E-state index in [4.69, 9.17) is 16.1 Å². The van der Waals surface area contributed by atoms with E-state index in [1.54, 1.807) is 6.07 Å². The summed E-state index contributed by atoms with van der Waals surface area (Å²) in [6.07, 6.45) is 6.70. The number of carbonyl (C=O) groups excluding carboxylic acids is 1. The first-order chi connectivity index (χ1) is 18.8. The zero-order valence-electron chi connectivity index (χ0n) is 24.9. The van der Waals surface area contributed by atoms with Gasteiger partial charge >= 0.3 is 0 Å². The second-order valence-electron chi connectivity index (χ2n) is 9.65. The number of carbonyl (C=O) groups is 1. The number of anilines is 1. The quantitative estimate of drug-likeness (QED) is 0.315. The molecule has 1 saturated carbocycles. The minimum absolute atomic E-state index is 0.0151. The summed E-state index contributed by atoms with van der Waals surface area (Å²) in [5.74, 6) is -0.0462. The number of likely N-dealkylation sites (tertiary alicyclic amines) is 1. The number of rotatable bonds is 7. The van der Waals surface area contributed by atoms with Crippen LogP contribution >= 0.6 is 0 Å². The van der Waals surface area contributed by atoms with Crippen LogP contribution in [0.25, 0.3) is 0 Å². The normalized spacial score (nSPS) is 18.6. The molecule has 1 amide bonds. The number of halogens is 1. The minimum Gasteiger partial charge on any atom is -0.367 e. The Kier molecular flexibility index (Phi) is 15.2. The van der Waals surface area contributed by atoms with Gasteiger partial charge in [0.15, 0.2) is 0 Å². The lowest BCUT2D eigenvalue weighted by atomic mass is 9.97. The molecule has 0 spiro atoms. The van der Waals surface area contributed by atoms with Crippen molar-refractivity contribution in [2.24, 2.45) is 11.7 Å². The van der Waals surface area contributed by atoms with Gasteiger partial charge < -0.3 is 21.4 Å². The molecule has 2 aromatic rings. The fourth-order valence-corrected chi connectivity index (χ4v) is 4.85. The number of nitrogens with zero attached hydrogens (tertiary/aromatic N) is 2. The maximum Gasteiger partial charge on any atom is 0.261 e. The molecule has 2 aliphatic rings. The molecule has 1 aliphatic heterocycles. The van der Waals surface area contributed by atoms with Crippen LogP contribution in [0, 0.1) is 17.1 Å². The predicted octanol–water partition coefficient (Wildman–Crippen LogP) is 6.06. The van der Waals surface area contributed by atoms with Crippen molar-refractivity contribution < 1.29 is 9.18 Å². The molecular weight excluding hydrogens is 495 g/mol. The van der Waals surface area contributed by atoms with Crippen molar-refractivity contribution in [2.45, 2.75) is 99.1 Å². The molecule has 218 valence electrons. The number of hydrogen-bond donors (Lipinski definition) is 4. The maximum absolute atomic E-state index is 14.1. The first-order valence-corrected chi connectivity index (χ1v) is 14.5. The van der Waals surface area contributed by atoms with Crippen LogP contribution in [0.5, 0.6) is 0 Å². The Morgan fingerprint density at radius 2 is 1.82 bits per heavy atom. The molecule has 2 heterocycles. The van der Waals surface area contributed by atoms with E-state index in [-0.39, 0.29) is 34.6 Å². The van der Waals surface area contributed by atoms with Crippen LogP contribution in [-0.4, -0.2) is 46.1 Å². The van der Waals surface area contributed by atoms with Crippen molar-refractivity contribution in [3.05, 3.63) is 56.9 Å². The third-order valence-corrected chi connectivity index (χ3v) is 6.56. The summed E-state index contributed by atoms with van der Waals surface area (Å²) in [7, 11) is 0. The fraction of sp³-hybridized carbons (Fsp3) is 0.600. The van der Waals surface area contributed by atoms with Crippen molar-refractivity contribution >= 4 is 17.9 Å². The van der Waals surface area contributed by atoms with Crippen LogP contribution in [0.1, 0.15) is 114 Å². The van der Waals surface area contributed by atoms with Crippen LogP contribution in [-0.2, 0) is 6.54 Å². The summed E-state index contributed by atoms with van der Waals surface area (Å²) in [6.45, 7) is 16.3. The highest BCUT2D eigenvalue weighted by molar-refractivity contribution is 5.93. The molecule has 1 saturated heterocycles. The van der Waals surface area contributed by atoms with Crippen LogP contribution in [0.15, 0.2) is 23.0 Å². The van der Waals surface area contributed by atoms with Gasteiger partial charge in [-0.3, -0.25) is 14.5 Å². The highest BCUT2D eigenvalue weighted by Crippen LogP contribution is 2.32. The Balaban J connectivity index is 0.000000996. The number of nitrogens with one attached hydrogen (secondary N) is 3. The highest BCUT2D eigenvalue weighted by Gasteiger charge is 2.33. The van der Waals surface area contributed by atoms with Gasteiger partial charge in [-0.05, 0) is 36.5 Å². The van der Waals surface area contributed by atoms with E-state index in [0.717, 1.165) is 44.0 Å². The average molecular weight is 545 g/mol. The molecule has 1 aromatic carbocycles. The summed E-state index contributed by atoms with van der Waals surface area (Å²) in [5, 5.41) is 11.0. The molecule has 39 heavy (non-hydrogen) atoms. The molecule has 5 N–H and O–H groups in total. The largest absolute Gasteiger partial charge is 0.367 e. The molecule has 9 heteroatoms. The first-order valence-electron chi connectivity index (χ1n) is 14.5. The molecule has 2 atom stereocenters. The number of hydrogen-bond acceptors (Lipinski definition) is 6. The Morgan fingerprint density at radius 1 is 1.21 bits per heavy atom. The molecule has 4 rings (SSSR count). The summed E-state index contributed by atoms with van der Waals surface area (Å²) in [5.41, 5.74) is 5.77. The smallest absolute Gasteiger partial charge is 0.261 e. The number of H-pyrrole nitrogens is 1. The highest BCUT2D eigenvalue weighted by atomic mass is 19.1. The summed E-state index contributed by atoms with van der Waals surface area (Å²) in [4.78, 5) is 33.7. The second kappa shape index (κ2) is 17.5. The third-order valence-electron chi connectivity index (χ3n) is 6.56. The number of primary amides is 1. The standard InChI is InChI=1S/C23H29FN6O2.C3H8.2C2H6/c1-13-10-30(11-14-6-7-16(20(26)31)19(24)8-14)12-18(13)22-28-21(17(9-25)23(32)29-22)27-15-4-2-3-5-15;1-3-2;2*1-2/h6-9,13,15,18,25H,2-5,10-12H2,1H3,(H2,26,31)(H2,27,28,29,32);3H2,1-2H3;2*1-2H3. The maximum atomic E-state index is 14.1. The molecule has 0 radical (unpaired) electrons. The van der Waals surface area contributed by atoms with E-state index < -0.39 is 11.7 Å². The van der Waals surface area contributed by atoms with Crippen LogP contribution in [0.3, 0.4) is 0 Å². The van der Waals surface area contributed by atoms with Crippen molar-refractivity contribution in [3.8, 4) is 0 Å². The Labute approximate surface area is 233 Å². The van der Waals surface area contributed by atoms with Gasteiger partial charge in [0.05, 0.1) is 11.1 Å². The summed E-state index contributed by atoms with van der Waals surface area (Å²) in [6, 6.07) is 4.76. The molecule has 8 nitrogen and oxygen atoms in total. The van der Waals surface area contributed by atoms with Crippen molar-refractivity contribution in [2.75, 3.05) is 18.4 Å². The van der Waals surface area contributed by atoms with Crippen LogP contribution in [0.4, 0.5) is 10.2 Å². The Bertz CT molecular complexity index is 1100. The van der Waals surface area contributed by atoms with E-state index in [1.807, 2.05) is 27.7 Å². The molecule has 1 aliphatic carbocycles. The monoisotopic (exact) mass is 544 g/mol. The number of nitrogens with two attached hydrogens (primary N) is 1.